The molecule has 7 nitrogen and oxygen atoms in total. The smallest absolute Gasteiger partial charge is 0.410 e. The zero-order valence-corrected chi connectivity index (χ0v) is 20.1. The van der Waals surface area contributed by atoms with E-state index in [0.29, 0.717) is 31.6 Å². The van der Waals surface area contributed by atoms with Gasteiger partial charge in [-0.15, -0.1) is 0 Å². The Morgan fingerprint density at radius 1 is 1.20 bits per heavy atom. The number of nitrogens with zero attached hydrogens (tertiary/aromatic N) is 4. The fraction of sp³-hybridized carbons (Fsp3) is 0.370. The topological polar surface area (TPSA) is 80.5 Å². The molecule has 35 heavy (non-hydrogen) atoms. The van der Waals surface area contributed by atoms with Crippen LogP contribution in [0.25, 0.3) is 11.8 Å². The standard InChI is InChI=1S/C27H29FN4O3/c1-26(2,3)35-25(34)31-13-11-19-14-23-18(16-30-32(23)21-9-7-20(28)8-10-21)15-27(19,17-31)24(33)22-6-4-5-12-29-22/h4-10,12,14,16,24,33H,11,13,15,17H2,1-3H3/t24?,27-/m0/s1. The first kappa shape index (κ1) is 23.2. The van der Waals surface area contributed by atoms with E-state index >= 15 is 0 Å². The number of aromatic nitrogens is 3. The molecule has 1 aromatic carbocycles. The molecule has 3 heterocycles. The van der Waals surface area contributed by atoms with Gasteiger partial charge in [-0.1, -0.05) is 11.6 Å². The second-order valence-electron chi connectivity index (χ2n) is 10.3. The fourth-order valence-electron chi connectivity index (χ4n) is 5.05. The minimum atomic E-state index is -0.928. The van der Waals surface area contributed by atoms with Gasteiger partial charge in [0.1, 0.15) is 17.5 Å². The van der Waals surface area contributed by atoms with E-state index in [-0.39, 0.29) is 5.82 Å². The Kier molecular flexibility index (Phi) is 5.71. The molecule has 5 rings (SSSR count). The number of pyridine rings is 1. The van der Waals surface area contributed by atoms with Gasteiger partial charge in [0.05, 0.1) is 23.3 Å². The number of hydrogen-bond donors (Lipinski definition) is 1. The van der Waals surface area contributed by atoms with Crippen LogP contribution in [0.4, 0.5) is 9.18 Å². The summed E-state index contributed by atoms with van der Waals surface area (Å²) in [5.41, 5.74) is 2.81. The Hall–Kier alpha value is -3.52. The Morgan fingerprint density at radius 2 is 1.97 bits per heavy atom. The van der Waals surface area contributed by atoms with Crippen molar-refractivity contribution in [3.05, 3.63) is 83.2 Å². The van der Waals surface area contributed by atoms with Gasteiger partial charge < -0.3 is 14.7 Å². The number of piperidine rings is 1. The second kappa shape index (κ2) is 8.61. The molecular weight excluding hydrogens is 447 g/mol. The summed E-state index contributed by atoms with van der Waals surface area (Å²) >= 11 is 0. The number of amides is 1. The zero-order chi connectivity index (χ0) is 24.8. The number of halogens is 1. The number of aliphatic hydroxyl groups is 1. The molecule has 0 bridgehead atoms. The normalized spacial score (nSPS) is 20.5. The molecule has 2 aliphatic rings. The number of rotatable bonds is 3. The maximum absolute atomic E-state index is 13.5. The highest BCUT2D eigenvalue weighted by Gasteiger charge is 2.50. The van der Waals surface area contributed by atoms with Gasteiger partial charge in [-0.3, -0.25) is 4.98 Å². The molecule has 2 aromatic heterocycles. The predicted molar refractivity (Wildman–Crippen MR) is 129 cm³/mol. The van der Waals surface area contributed by atoms with Gasteiger partial charge in [0.15, 0.2) is 0 Å². The SMILES string of the molecule is CC(C)(C)OC(=O)N1CCC2=Cc3c(cnn3-c3ccc(F)cc3)C[C@]2(C(O)c2ccccn2)C1. The Balaban J connectivity index is 1.56. The highest BCUT2D eigenvalue weighted by Crippen LogP contribution is 2.51. The monoisotopic (exact) mass is 476 g/mol. The summed E-state index contributed by atoms with van der Waals surface area (Å²) in [6, 6.07) is 11.7. The first-order valence-corrected chi connectivity index (χ1v) is 11.8. The third kappa shape index (κ3) is 4.34. The van der Waals surface area contributed by atoms with E-state index in [4.69, 9.17) is 4.74 Å². The van der Waals surface area contributed by atoms with Gasteiger partial charge in [-0.05, 0) is 81.7 Å². The molecule has 1 amide bonds. The van der Waals surface area contributed by atoms with Crippen molar-refractivity contribution < 1.29 is 19.0 Å². The third-order valence-corrected chi connectivity index (χ3v) is 6.68. The van der Waals surface area contributed by atoms with Crippen molar-refractivity contribution >= 4 is 12.2 Å². The Morgan fingerprint density at radius 3 is 2.66 bits per heavy atom. The van der Waals surface area contributed by atoms with Crippen molar-refractivity contribution in [3.63, 3.8) is 0 Å². The largest absolute Gasteiger partial charge is 0.444 e. The molecule has 8 heteroatoms. The molecule has 3 aromatic rings. The average molecular weight is 477 g/mol. The number of aliphatic hydroxyl groups excluding tert-OH is 1. The highest BCUT2D eigenvalue weighted by molar-refractivity contribution is 5.70. The Labute approximate surface area is 203 Å². The third-order valence-electron chi connectivity index (χ3n) is 6.68. The number of ether oxygens (including phenoxy) is 1. The van der Waals surface area contributed by atoms with Crippen LogP contribution >= 0.6 is 0 Å². The Bertz CT molecular complexity index is 1260. The van der Waals surface area contributed by atoms with Gasteiger partial charge in [0, 0.05) is 24.7 Å². The van der Waals surface area contributed by atoms with Crippen molar-refractivity contribution in [3.8, 4) is 5.69 Å². The average Bonchev–Trinajstić information content (AvgIpc) is 3.24. The maximum atomic E-state index is 13.5. The molecule has 182 valence electrons. The lowest BCUT2D eigenvalue weighted by Gasteiger charge is -2.48. The highest BCUT2D eigenvalue weighted by atomic mass is 19.1. The minimum absolute atomic E-state index is 0.298. The van der Waals surface area contributed by atoms with Crippen LogP contribution in [0.5, 0.6) is 0 Å². The van der Waals surface area contributed by atoms with Crippen molar-refractivity contribution in [2.24, 2.45) is 5.41 Å². The summed E-state index contributed by atoms with van der Waals surface area (Å²) in [6.45, 7) is 6.31. The van der Waals surface area contributed by atoms with E-state index in [9.17, 15) is 14.3 Å². The van der Waals surface area contributed by atoms with Crippen LogP contribution in [0.1, 0.15) is 50.2 Å². The summed E-state index contributed by atoms with van der Waals surface area (Å²) in [6.07, 6.45) is 5.25. The lowest BCUT2D eigenvalue weighted by molar-refractivity contribution is -0.0196. The van der Waals surface area contributed by atoms with Crippen molar-refractivity contribution in [1.82, 2.24) is 19.7 Å². The van der Waals surface area contributed by atoms with Crippen LogP contribution in [0.3, 0.4) is 0 Å². The number of carbonyl (C=O) groups is 1. The molecule has 1 aliphatic heterocycles. The summed E-state index contributed by atoms with van der Waals surface area (Å²) in [5, 5.41) is 16.3. The van der Waals surface area contributed by atoms with Crippen molar-refractivity contribution in [2.45, 2.75) is 45.3 Å². The molecule has 1 unspecified atom stereocenters. The van der Waals surface area contributed by atoms with E-state index in [0.717, 1.165) is 22.5 Å². The number of benzene rings is 1. The summed E-state index contributed by atoms with van der Waals surface area (Å²) in [5.74, 6) is -0.305. The van der Waals surface area contributed by atoms with Crippen LogP contribution in [0, 0.1) is 11.2 Å². The van der Waals surface area contributed by atoms with Gasteiger partial charge in [-0.25, -0.2) is 13.9 Å². The summed E-state index contributed by atoms with van der Waals surface area (Å²) in [7, 11) is 0. The number of likely N-dealkylation sites (tertiary alicyclic amines) is 1. The van der Waals surface area contributed by atoms with Gasteiger partial charge in [0.25, 0.3) is 0 Å². The predicted octanol–water partition coefficient (Wildman–Crippen LogP) is 4.71. The van der Waals surface area contributed by atoms with Gasteiger partial charge in [0.2, 0.25) is 0 Å². The molecule has 0 radical (unpaired) electrons. The van der Waals surface area contributed by atoms with E-state index in [1.807, 2.05) is 32.9 Å². The van der Waals surface area contributed by atoms with Crippen LogP contribution in [0.2, 0.25) is 0 Å². The van der Waals surface area contributed by atoms with E-state index in [1.54, 1.807) is 40.2 Å². The van der Waals surface area contributed by atoms with Crippen LogP contribution in [-0.4, -0.2) is 49.6 Å². The molecule has 0 saturated carbocycles. The van der Waals surface area contributed by atoms with Crippen LogP contribution in [-0.2, 0) is 11.2 Å². The van der Waals surface area contributed by atoms with Crippen LogP contribution in [0.15, 0.2) is 60.4 Å². The lowest BCUT2D eigenvalue weighted by atomic mass is 9.64. The summed E-state index contributed by atoms with van der Waals surface area (Å²) in [4.78, 5) is 19.1. The molecule has 1 fully saturated rings. The minimum Gasteiger partial charge on any atom is -0.444 e. The van der Waals surface area contributed by atoms with E-state index < -0.39 is 23.2 Å². The number of fused-ring (bicyclic) bond motifs is 2. The van der Waals surface area contributed by atoms with Crippen molar-refractivity contribution in [2.75, 3.05) is 13.1 Å². The van der Waals surface area contributed by atoms with Gasteiger partial charge >= 0.3 is 6.09 Å². The van der Waals surface area contributed by atoms with Gasteiger partial charge in [-0.2, -0.15) is 5.10 Å². The second-order valence-corrected chi connectivity index (χ2v) is 10.3. The molecule has 0 spiro atoms. The molecule has 1 saturated heterocycles. The van der Waals surface area contributed by atoms with E-state index in [2.05, 4.69) is 16.2 Å². The van der Waals surface area contributed by atoms with Crippen LogP contribution < -0.4 is 0 Å². The first-order chi connectivity index (χ1) is 16.7. The molecule has 2 atom stereocenters. The van der Waals surface area contributed by atoms with Crippen molar-refractivity contribution in [1.29, 1.82) is 0 Å². The molecule has 1 N–H and O–H groups in total. The first-order valence-electron chi connectivity index (χ1n) is 11.8. The molecule has 1 aliphatic carbocycles. The maximum Gasteiger partial charge on any atom is 0.410 e. The lowest BCUT2D eigenvalue weighted by Crippen LogP contribution is -2.53. The fourth-order valence-corrected chi connectivity index (χ4v) is 5.05. The quantitative estimate of drug-likeness (QED) is 0.592. The number of hydrogen-bond acceptors (Lipinski definition) is 5. The van der Waals surface area contributed by atoms with E-state index in [1.165, 1.54) is 12.1 Å². The zero-order valence-electron chi connectivity index (χ0n) is 20.1. The number of carbonyl (C=O) groups excluding carboxylic acids is 1. The summed E-state index contributed by atoms with van der Waals surface area (Å²) < 4.78 is 20.9. The molecular formula is C27H29FN4O3.